The van der Waals surface area contributed by atoms with Crippen LogP contribution in [0.3, 0.4) is 0 Å². The monoisotopic (exact) mass is 525 g/mol. The first kappa shape index (κ1) is 24.0. The highest BCUT2D eigenvalue weighted by Gasteiger charge is 2.31. The molecule has 2 aromatic carbocycles. The van der Waals surface area contributed by atoms with Crippen molar-refractivity contribution in [3.8, 4) is 11.1 Å². The van der Waals surface area contributed by atoms with Crippen molar-refractivity contribution in [1.82, 2.24) is 9.97 Å². The van der Waals surface area contributed by atoms with Crippen molar-refractivity contribution >= 4 is 45.0 Å². The zero-order valence-corrected chi connectivity index (χ0v) is 20.8. The van der Waals surface area contributed by atoms with Gasteiger partial charge >= 0.3 is 6.03 Å². The van der Waals surface area contributed by atoms with Gasteiger partial charge in [0.25, 0.3) is 0 Å². The van der Waals surface area contributed by atoms with Gasteiger partial charge in [0.05, 0.1) is 5.69 Å². The molecule has 0 bridgehead atoms. The molecule has 0 aliphatic carbocycles. The number of benzene rings is 2. The zero-order chi connectivity index (χ0) is 25.2. The minimum atomic E-state index is -1.58. The van der Waals surface area contributed by atoms with E-state index in [-0.39, 0.29) is 11.6 Å². The summed E-state index contributed by atoms with van der Waals surface area (Å²) in [5.74, 6) is -0.562. The quantitative estimate of drug-likeness (QED) is 0.347. The Morgan fingerprint density at radius 2 is 1.81 bits per heavy atom. The first-order valence-corrected chi connectivity index (χ1v) is 13.1. The highest BCUT2D eigenvalue weighted by atomic mass is 32.2. The molecule has 11 heteroatoms. The maximum Gasteiger partial charge on any atom is 0.330 e. The maximum absolute atomic E-state index is 14.2. The molecule has 1 fully saturated rings. The number of nitrogens with zero attached hydrogens (tertiary/aromatic N) is 4. The number of urea groups is 1. The fraction of sp³-hybridized carbons (Fsp3) is 0.160. The molecule has 5 rings (SSSR count). The number of pyridine rings is 1. The third-order valence-electron chi connectivity index (χ3n) is 5.65. The second-order valence-electron chi connectivity index (χ2n) is 8.07. The van der Waals surface area contributed by atoms with Gasteiger partial charge in [-0.2, -0.15) is 0 Å². The summed E-state index contributed by atoms with van der Waals surface area (Å²) in [6.07, 6.45) is 2.31. The largest absolute Gasteiger partial charge is 0.330 e. The number of amides is 2. The van der Waals surface area contributed by atoms with Crippen molar-refractivity contribution in [3.63, 3.8) is 0 Å². The third kappa shape index (κ3) is 4.84. The van der Waals surface area contributed by atoms with Crippen LogP contribution < -0.4 is 14.5 Å². The number of rotatable bonds is 6. The smallest absolute Gasteiger partial charge is 0.294 e. The molecule has 0 saturated carbocycles. The van der Waals surface area contributed by atoms with Gasteiger partial charge in [0.15, 0.2) is 16.1 Å². The van der Waals surface area contributed by atoms with Gasteiger partial charge < -0.3 is 0 Å². The molecule has 1 unspecified atom stereocenters. The SMILES string of the molecule is Cc1nc(N2CCCN(c3ccc(-c4cc(F)ccc4F)cc3)C2=O)sc1S(=O)Nc1ccccn1. The summed E-state index contributed by atoms with van der Waals surface area (Å²) in [4.78, 5) is 25.2. The lowest BCUT2D eigenvalue weighted by molar-refractivity contribution is 0.248. The van der Waals surface area contributed by atoms with Gasteiger partial charge in [-0.3, -0.25) is 14.5 Å². The van der Waals surface area contributed by atoms with Crippen LogP contribution in [0.5, 0.6) is 0 Å². The van der Waals surface area contributed by atoms with Crippen LogP contribution in [0.4, 0.5) is 30.2 Å². The van der Waals surface area contributed by atoms with Crippen molar-refractivity contribution in [2.24, 2.45) is 0 Å². The van der Waals surface area contributed by atoms with Gasteiger partial charge in [0.2, 0.25) is 0 Å². The standard InChI is InChI=1S/C25H21F2N5O2S2/c1-16-23(36(34)30-22-5-2-3-12-28-22)35-24(29-16)32-14-4-13-31(25(32)33)19-9-6-17(7-10-19)20-15-18(26)8-11-21(20)27/h2-3,5-12,15H,4,13-14H2,1H3,(H,28,30). The average molecular weight is 526 g/mol. The lowest BCUT2D eigenvalue weighted by atomic mass is 10.0. The molecular weight excluding hydrogens is 504 g/mol. The fourth-order valence-electron chi connectivity index (χ4n) is 3.90. The molecule has 1 aliphatic rings. The lowest BCUT2D eigenvalue weighted by Crippen LogP contribution is -2.49. The van der Waals surface area contributed by atoms with E-state index in [9.17, 15) is 17.8 Å². The summed E-state index contributed by atoms with van der Waals surface area (Å²) >= 11 is 1.20. The molecule has 36 heavy (non-hydrogen) atoms. The number of halogens is 2. The number of thiazole rings is 1. The van der Waals surface area contributed by atoms with Gasteiger partial charge in [0, 0.05) is 30.5 Å². The van der Waals surface area contributed by atoms with Gasteiger partial charge in [-0.25, -0.2) is 27.8 Å². The minimum absolute atomic E-state index is 0.159. The highest BCUT2D eigenvalue weighted by Crippen LogP contribution is 2.33. The van der Waals surface area contributed by atoms with E-state index < -0.39 is 22.6 Å². The molecule has 1 N–H and O–H groups in total. The van der Waals surface area contributed by atoms with Gasteiger partial charge in [-0.1, -0.05) is 29.5 Å². The highest BCUT2D eigenvalue weighted by molar-refractivity contribution is 7.88. The van der Waals surface area contributed by atoms with Crippen molar-refractivity contribution in [2.75, 3.05) is 27.6 Å². The predicted molar refractivity (Wildman–Crippen MR) is 138 cm³/mol. The number of carbonyl (C=O) groups excluding carboxylic acids is 1. The van der Waals surface area contributed by atoms with Crippen LogP contribution in [0.25, 0.3) is 11.1 Å². The Morgan fingerprint density at radius 1 is 1.03 bits per heavy atom. The summed E-state index contributed by atoms with van der Waals surface area (Å²) in [5.41, 5.74) is 1.88. The van der Waals surface area contributed by atoms with Gasteiger partial charge in [0.1, 0.15) is 21.7 Å². The Balaban J connectivity index is 1.35. The Labute approximate surface area is 213 Å². The molecule has 2 amide bonds. The van der Waals surface area contributed by atoms with Crippen molar-refractivity contribution < 1.29 is 17.8 Å². The van der Waals surface area contributed by atoms with E-state index in [4.69, 9.17) is 0 Å². The van der Waals surface area contributed by atoms with Crippen LogP contribution in [0.15, 0.2) is 71.1 Å². The Kier molecular flexibility index (Phi) is 6.75. The summed E-state index contributed by atoms with van der Waals surface area (Å²) < 4.78 is 44.0. The normalized spacial score (nSPS) is 14.7. The van der Waals surface area contributed by atoms with E-state index >= 15 is 0 Å². The molecule has 3 heterocycles. The zero-order valence-electron chi connectivity index (χ0n) is 19.1. The topological polar surface area (TPSA) is 78.4 Å². The van der Waals surface area contributed by atoms with Crippen LogP contribution >= 0.6 is 11.3 Å². The van der Waals surface area contributed by atoms with E-state index in [1.54, 1.807) is 65.4 Å². The lowest BCUT2D eigenvalue weighted by Gasteiger charge is -2.34. The van der Waals surface area contributed by atoms with Crippen LogP contribution in [0.1, 0.15) is 12.1 Å². The first-order chi connectivity index (χ1) is 17.4. The van der Waals surface area contributed by atoms with Crippen LogP contribution in [0.2, 0.25) is 0 Å². The number of hydrogen-bond acceptors (Lipinski definition) is 5. The average Bonchev–Trinajstić information content (AvgIpc) is 3.28. The van der Waals surface area contributed by atoms with E-state index in [0.717, 1.165) is 18.2 Å². The molecule has 4 aromatic rings. The van der Waals surface area contributed by atoms with Crippen molar-refractivity contribution in [2.45, 2.75) is 17.6 Å². The molecule has 0 spiro atoms. The van der Waals surface area contributed by atoms with E-state index in [1.165, 1.54) is 11.3 Å². The molecule has 1 atom stereocenters. The summed E-state index contributed by atoms with van der Waals surface area (Å²) in [6, 6.07) is 15.1. The molecule has 184 valence electrons. The molecule has 7 nitrogen and oxygen atoms in total. The number of aryl methyl sites for hydroxylation is 1. The molecule has 1 saturated heterocycles. The van der Waals surface area contributed by atoms with Gasteiger partial charge in [-0.05, 0) is 61.4 Å². The van der Waals surface area contributed by atoms with Gasteiger partial charge in [-0.15, -0.1) is 0 Å². The minimum Gasteiger partial charge on any atom is -0.294 e. The van der Waals surface area contributed by atoms with Crippen molar-refractivity contribution in [1.29, 1.82) is 0 Å². The second kappa shape index (κ2) is 10.1. The molecule has 2 aromatic heterocycles. The van der Waals surface area contributed by atoms with Crippen LogP contribution in [-0.2, 0) is 11.0 Å². The number of carbonyl (C=O) groups is 1. The predicted octanol–water partition coefficient (Wildman–Crippen LogP) is 5.76. The summed E-state index contributed by atoms with van der Waals surface area (Å²) in [5, 5.41) is 0.465. The molecule has 1 aliphatic heterocycles. The number of aromatic nitrogens is 2. The first-order valence-electron chi connectivity index (χ1n) is 11.1. The number of anilines is 3. The Hall–Kier alpha value is -3.70. The van der Waals surface area contributed by atoms with Crippen LogP contribution in [-0.4, -0.2) is 33.3 Å². The van der Waals surface area contributed by atoms with E-state index in [1.807, 2.05) is 0 Å². The third-order valence-corrected chi connectivity index (χ3v) is 8.35. The maximum atomic E-state index is 14.2. The summed E-state index contributed by atoms with van der Waals surface area (Å²) in [7, 11) is -1.58. The number of hydrogen-bond donors (Lipinski definition) is 1. The fourth-order valence-corrected chi connectivity index (χ4v) is 6.09. The Bertz CT molecular complexity index is 1430. The van der Waals surface area contributed by atoms with Crippen LogP contribution in [0, 0.1) is 18.6 Å². The second-order valence-corrected chi connectivity index (χ2v) is 10.5. The summed E-state index contributed by atoms with van der Waals surface area (Å²) in [6.45, 7) is 2.74. The van der Waals surface area contributed by atoms with E-state index in [0.29, 0.717) is 51.6 Å². The Morgan fingerprint density at radius 3 is 2.56 bits per heavy atom. The molecular formula is C25H21F2N5O2S2. The molecule has 0 radical (unpaired) electrons. The van der Waals surface area contributed by atoms with Crippen molar-refractivity contribution in [3.05, 3.63) is 84.2 Å². The van der Waals surface area contributed by atoms with E-state index in [2.05, 4.69) is 14.7 Å². The number of nitrogens with one attached hydrogen (secondary N) is 1.